The largest absolute Gasteiger partial charge is 0.618 e. The Labute approximate surface area is 110 Å². The highest BCUT2D eigenvalue weighted by Crippen LogP contribution is 2.24. The zero-order valence-corrected chi connectivity index (χ0v) is 10.3. The van der Waals surface area contributed by atoms with E-state index in [2.05, 4.69) is 6.07 Å². The summed E-state index contributed by atoms with van der Waals surface area (Å²) in [4.78, 5) is 0.483. The SMILES string of the molecule is N#C/C(=C/c1ccccc1)Sc1cccc[n+]1[O-]. The average Bonchev–Trinajstić information content (AvgIpc) is 2.41. The van der Waals surface area contributed by atoms with E-state index in [1.54, 1.807) is 24.3 Å². The van der Waals surface area contributed by atoms with Crippen LogP contribution in [0.3, 0.4) is 0 Å². The minimum atomic E-state index is 0.483. The minimum absolute atomic E-state index is 0.483. The van der Waals surface area contributed by atoms with Crippen LogP contribution < -0.4 is 4.73 Å². The second-order valence-corrected chi connectivity index (χ2v) is 4.56. The Morgan fingerprint density at radius 3 is 2.56 bits per heavy atom. The predicted octanol–water partition coefficient (Wildman–Crippen LogP) is 2.98. The first-order chi connectivity index (χ1) is 8.79. The maximum Gasteiger partial charge on any atom is 0.256 e. The van der Waals surface area contributed by atoms with Crippen molar-refractivity contribution < 1.29 is 4.73 Å². The lowest BCUT2D eigenvalue weighted by Crippen LogP contribution is -2.27. The van der Waals surface area contributed by atoms with Gasteiger partial charge < -0.3 is 5.21 Å². The van der Waals surface area contributed by atoms with Gasteiger partial charge in [-0.05, 0) is 29.5 Å². The number of rotatable bonds is 3. The molecule has 2 aromatic rings. The Balaban J connectivity index is 2.24. The molecule has 2 rings (SSSR count). The number of hydrogen-bond acceptors (Lipinski definition) is 3. The van der Waals surface area contributed by atoms with Crippen LogP contribution in [0.4, 0.5) is 0 Å². The van der Waals surface area contributed by atoms with Gasteiger partial charge in [0.2, 0.25) is 0 Å². The molecule has 1 aromatic carbocycles. The highest BCUT2D eigenvalue weighted by atomic mass is 32.2. The number of nitrogens with zero attached hydrogens (tertiary/aromatic N) is 2. The molecule has 0 bridgehead atoms. The Hall–Kier alpha value is -2.25. The van der Waals surface area contributed by atoms with Crippen LogP contribution in [-0.2, 0) is 0 Å². The molecule has 0 aliphatic rings. The van der Waals surface area contributed by atoms with Gasteiger partial charge in [-0.3, -0.25) is 0 Å². The monoisotopic (exact) mass is 254 g/mol. The average molecular weight is 254 g/mol. The summed E-state index contributed by atoms with van der Waals surface area (Å²) < 4.78 is 0.751. The molecular formula is C14H10N2OS. The molecule has 18 heavy (non-hydrogen) atoms. The van der Waals surface area contributed by atoms with Gasteiger partial charge in [-0.1, -0.05) is 30.3 Å². The number of hydrogen-bond donors (Lipinski definition) is 0. The lowest BCUT2D eigenvalue weighted by atomic mass is 10.2. The molecule has 0 saturated carbocycles. The summed E-state index contributed by atoms with van der Waals surface area (Å²) in [6.45, 7) is 0. The Bertz CT molecular complexity index is 603. The first kappa shape index (κ1) is 12.2. The van der Waals surface area contributed by atoms with E-state index in [1.807, 2.05) is 30.3 Å². The number of thioether (sulfide) groups is 1. The molecule has 4 heteroatoms. The van der Waals surface area contributed by atoms with Crippen molar-refractivity contribution in [1.82, 2.24) is 0 Å². The highest BCUT2D eigenvalue weighted by Gasteiger charge is 2.08. The number of nitriles is 1. The summed E-state index contributed by atoms with van der Waals surface area (Å²) in [6.07, 6.45) is 3.18. The van der Waals surface area contributed by atoms with Crippen LogP contribution in [-0.4, -0.2) is 0 Å². The maximum absolute atomic E-state index is 11.5. The van der Waals surface area contributed by atoms with Crippen LogP contribution in [0.2, 0.25) is 0 Å². The van der Waals surface area contributed by atoms with Crippen molar-refractivity contribution in [1.29, 1.82) is 5.26 Å². The summed E-state index contributed by atoms with van der Waals surface area (Å²) in [5.74, 6) is 0. The van der Waals surface area contributed by atoms with E-state index >= 15 is 0 Å². The summed E-state index contributed by atoms with van der Waals surface area (Å²) >= 11 is 1.16. The lowest BCUT2D eigenvalue weighted by molar-refractivity contribution is -0.645. The number of aromatic nitrogens is 1. The molecule has 0 saturated heterocycles. The maximum atomic E-state index is 11.5. The van der Waals surface area contributed by atoms with Gasteiger partial charge in [-0.15, -0.1) is 0 Å². The van der Waals surface area contributed by atoms with Crippen LogP contribution in [0, 0.1) is 16.5 Å². The third-order valence-corrected chi connectivity index (χ3v) is 3.16. The lowest BCUT2D eigenvalue weighted by Gasteiger charge is -2.01. The van der Waals surface area contributed by atoms with Crippen molar-refractivity contribution in [3.8, 4) is 6.07 Å². The van der Waals surface area contributed by atoms with Crippen LogP contribution in [0.5, 0.6) is 0 Å². The van der Waals surface area contributed by atoms with Crippen LogP contribution >= 0.6 is 11.8 Å². The second-order valence-electron chi connectivity index (χ2n) is 3.50. The molecule has 3 nitrogen and oxygen atoms in total. The van der Waals surface area contributed by atoms with Gasteiger partial charge in [-0.25, -0.2) is 0 Å². The molecule has 88 valence electrons. The topological polar surface area (TPSA) is 50.7 Å². The number of pyridine rings is 1. The molecule has 0 radical (unpaired) electrons. The van der Waals surface area contributed by atoms with E-state index in [9.17, 15) is 5.21 Å². The van der Waals surface area contributed by atoms with Gasteiger partial charge in [-0.2, -0.15) is 9.99 Å². The zero-order chi connectivity index (χ0) is 12.8. The molecule has 0 fully saturated rings. The van der Waals surface area contributed by atoms with Gasteiger partial charge in [0.15, 0.2) is 6.20 Å². The van der Waals surface area contributed by atoms with Crippen LogP contribution in [0.25, 0.3) is 6.08 Å². The van der Waals surface area contributed by atoms with Gasteiger partial charge >= 0.3 is 0 Å². The fourth-order valence-corrected chi connectivity index (χ4v) is 2.15. The second kappa shape index (κ2) is 5.89. The van der Waals surface area contributed by atoms with E-state index < -0.39 is 0 Å². The molecule has 0 aliphatic heterocycles. The molecular weight excluding hydrogens is 244 g/mol. The quantitative estimate of drug-likeness (QED) is 0.366. The summed E-state index contributed by atoms with van der Waals surface area (Å²) in [5, 5.41) is 21.1. The predicted molar refractivity (Wildman–Crippen MR) is 71.3 cm³/mol. The Morgan fingerprint density at radius 2 is 1.89 bits per heavy atom. The fraction of sp³-hybridized carbons (Fsp3) is 0. The smallest absolute Gasteiger partial charge is 0.256 e. The molecule has 0 N–H and O–H groups in total. The molecule has 0 atom stereocenters. The van der Waals surface area contributed by atoms with Crippen molar-refractivity contribution in [3.63, 3.8) is 0 Å². The summed E-state index contributed by atoms with van der Waals surface area (Å²) in [7, 11) is 0. The molecule has 0 spiro atoms. The molecule has 1 heterocycles. The van der Waals surface area contributed by atoms with E-state index in [1.165, 1.54) is 6.20 Å². The number of allylic oxidation sites excluding steroid dienone is 1. The van der Waals surface area contributed by atoms with Crippen molar-refractivity contribution in [2.24, 2.45) is 0 Å². The van der Waals surface area contributed by atoms with Gasteiger partial charge in [0.05, 0.1) is 4.91 Å². The van der Waals surface area contributed by atoms with Crippen LogP contribution in [0.1, 0.15) is 5.56 Å². The van der Waals surface area contributed by atoms with Crippen molar-refractivity contribution >= 4 is 17.8 Å². The first-order valence-electron chi connectivity index (χ1n) is 5.32. The van der Waals surface area contributed by atoms with Gasteiger partial charge in [0.25, 0.3) is 5.03 Å². The minimum Gasteiger partial charge on any atom is -0.618 e. The molecule has 1 aromatic heterocycles. The standard InChI is InChI=1S/C14H10N2OS/c15-11-13(10-12-6-2-1-3-7-12)18-14-8-4-5-9-16(14)17/h1-10H/b13-10-. The fourth-order valence-electron chi connectivity index (χ4n) is 1.39. The Kier molecular flexibility index (Phi) is 4.00. The highest BCUT2D eigenvalue weighted by molar-refractivity contribution is 8.03. The van der Waals surface area contributed by atoms with Crippen LogP contribution in [0.15, 0.2) is 64.7 Å². The van der Waals surface area contributed by atoms with Crippen molar-refractivity contribution in [2.45, 2.75) is 5.03 Å². The van der Waals surface area contributed by atoms with Gasteiger partial charge in [0, 0.05) is 12.1 Å². The molecule has 0 aliphatic carbocycles. The van der Waals surface area contributed by atoms with E-state index in [4.69, 9.17) is 5.26 Å². The molecule has 0 unspecified atom stereocenters. The van der Waals surface area contributed by atoms with Crippen molar-refractivity contribution in [3.05, 3.63) is 70.4 Å². The van der Waals surface area contributed by atoms with E-state index in [-0.39, 0.29) is 0 Å². The first-order valence-corrected chi connectivity index (χ1v) is 6.14. The van der Waals surface area contributed by atoms with E-state index in [0.717, 1.165) is 22.1 Å². The molecule has 0 amide bonds. The third-order valence-electron chi connectivity index (χ3n) is 2.21. The van der Waals surface area contributed by atoms with Crippen molar-refractivity contribution in [2.75, 3.05) is 0 Å². The normalized spacial score (nSPS) is 10.9. The zero-order valence-electron chi connectivity index (χ0n) is 9.48. The summed E-state index contributed by atoms with van der Waals surface area (Å²) in [5.41, 5.74) is 0.940. The van der Waals surface area contributed by atoms with Gasteiger partial charge in [0.1, 0.15) is 6.07 Å². The third kappa shape index (κ3) is 3.12. The number of benzene rings is 1. The van der Waals surface area contributed by atoms with E-state index in [0.29, 0.717) is 9.93 Å². The Morgan fingerprint density at radius 1 is 1.17 bits per heavy atom. The summed E-state index contributed by atoms with van der Waals surface area (Å²) in [6, 6.07) is 16.8.